The van der Waals surface area contributed by atoms with Gasteiger partial charge in [0.25, 0.3) is 0 Å². The normalized spacial score (nSPS) is 21.0. The average molecular weight is 259 g/mol. The largest absolute Gasteiger partial charge is 0.397 e. The highest BCUT2D eigenvalue weighted by Gasteiger charge is 2.21. The monoisotopic (exact) mass is 259 g/mol. The molecule has 19 heavy (non-hydrogen) atoms. The molecule has 1 fully saturated rings. The molecule has 0 aromatic heterocycles. The molecule has 2 rings (SSSR count). The highest BCUT2D eigenvalue weighted by atomic mass is 15.3. The van der Waals surface area contributed by atoms with E-state index in [1.165, 1.54) is 0 Å². The van der Waals surface area contributed by atoms with Gasteiger partial charge in [-0.15, -0.1) is 0 Å². The molecule has 1 aromatic carbocycles. The van der Waals surface area contributed by atoms with Crippen LogP contribution in [-0.2, 0) is 0 Å². The van der Waals surface area contributed by atoms with E-state index >= 15 is 0 Å². The number of nitrogens with two attached hydrogens (primary N) is 1. The Balaban J connectivity index is 2.00. The molecule has 1 unspecified atom stereocenters. The summed E-state index contributed by atoms with van der Waals surface area (Å²) in [5.41, 5.74) is 8.09. The van der Waals surface area contributed by atoms with Crippen molar-refractivity contribution in [2.45, 2.75) is 6.04 Å². The highest BCUT2D eigenvalue weighted by molar-refractivity contribution is 5.68. The van der Waals surface area contributed by atoms with Crippen LogP contribution in [0.3, 0.4) is 0 Å². The molecule has 0 spiro atoms. The molecule has 1 aliphatic heterocycles. The van der Waals surface area contributed by atoms with Crippen molar-refractivity contribution in [3.63, 3.8) is 0 Å². The van der Waals surface area contributed by atoms with E-state index in [9.17, 15) is 0 Å². The summed E-state index contributed by atoms with van der Waals surface area (Å²) in [7, 11) is 4.29. The highest BCUT2D eigenvalue weighted by Crippen LogP contribution is 2.20. The fourth-order valence-electron chi connectivity index (χ4n) is 2.33. The van der Waals surface area contributed by atoms with Crippen molar-refractivity contribution >= 4 is 11.4 Å². The van der Waals surface area contributed by atoms with Gasteiger partial charge in [0.1, 0.15) is 0 Å². The fraction of sp³-hybridized carbons (Fsp3) is 0.500. The van der Waals surface area contributed by atoms with Crippen molar-refractivity contribution in [1.82, 2.24) is 9.80 Å². The van der Waals surface area contributed by atoms with Crippen molar-refractivity contribution in [2.24, 2.45) is 0 Å². The summed E-state index contributed by atoms with van der Waals surface area (Å²) in [6.45, 7) is 4.07. The third-order valence-electron chi connectivity index (χ3n) is 3.69. The van der Waals surface area contributed by atoms with Crippen LogP contribution in [0, 0.1) is 11.3 Å². The lowest BCUT2D eigenvalue weighted by atomic mass is 10.1. The molecule has 0 aliphatic carbocycles. The summed E-state index contributed by atoms with van der Waals surface area (Å²) in [4.78, 5) is 4.69. The van der Waals surface area contributed by atoms with Gasteiger partial charge in [-0.3, -0.25) is 4.90 Å². The number of hydrogen-bond acceptors (Lipinski definition) is 5. The maximum Gasteiger partial charge on any atom is 0.0992 e. The molecule has 1 aromatic rings. The van der Waals surface area contributed by atoms with Crippen LogP contribution >= 0.6 is 0 Å². The average Bonchev–Trinajstić information content (AvgIpc) is 2.41. The number of nitrogens with one attached hydrogen (secondary N) is 1. The Morgan fingerprint density at radius 2 is 2.21 bits per heavy atom. The fourth-order valence-corrected chi connectivity index (χ4v) is 2.33. The first-order valence-corrected chi connectivity index (χ1v) is 6.52. The molecule has 5 heteroatoms. The number of nitrogen functional groups attached to an aromatic ring is 1. The maximum atomic E-state index is 8.91. The van der Waals surface area contributed by atoms with Crippen LogP contribution < -0.4 is 11.1 Å². The van der Waals surface area contributed by atoms with Gasteiger partial charge in [0.2, 0.25) is 0 Å². The molecule has 0 bridgehead atoms. The Labute approximate surface area is 114 Å². The number of hydrogen-bond donors (Lipinski definition) is 2. The smallest absolute Gasteiger partial charge is 0.0992 e. The van der Waals surface area contributed by atoms with E-state index in [0.717, 1.165) is 31.9 Å². The molecule has 1 heterocycles. The minimum atomic E-state index is 0.462. The van der Waals surface area contributed by atoms with Crippen LogP contribution in [0.5, 0.6) is 0 Å². The summed E-state index contributed by atoms with van der Waals surface area (Å²) in [5.74, 6) is 0. The standard InChI is InChI=1S/C14H21N5/c1-18-5-6-19(2)12(10-18)9-17-14-7-11(8-15)3-4-13(14)16/h3-4,7,12,17H,5-6,9-10,16H2,1-2H3. The summed E-state index contributed by atoms with van der Waals surface area (Å²) in [6, 6.07) is 7.92. The van der Waals surface area contributed by atoms with Crippen LogP contribution in [0.25, 0.3) is 0 Å². The van der Waals surface area contributed by atoms with Gasteiger partial charge in [-0.25, -0.2) is 0 Å². The SMILES string of the molecule is CN1CCN(C)C(CNc2cc(C#N)ccc2N)C1. The Morgan fingerprint density at radius 3 is 2.95 bits per heavy atom. The maximum absolute atomic E-state index is 8.91. The minimum Gasteiger partial charge on any atom is -0.397 e. The lowest BCUT2D eigenvalue weighted by molar-refractivity contribution is 0.122. The van der Waals surface area contributed by atoms with Crippen molar-refractivity contribution in [3.8, 4) is 6.07 Å². The summed E-state index contributed by atoms with van der Waals surface area (Å²) < 4.78 is 0. The van der Waals surface area contributed by atoms with E-state index in [1.54, 1.807) is 12.1 Å². The Hall–Kier alpha value is -1.77. The number of benzene rings is 1. The van der Waals surface area contributed by atoms with E-state index in [2.05, 4.69) is 35.3 Å². The molecule has 5 nitrogen and oxygen atoms in total. The van der Waals surface area contributed by atoms with Crippen molar-refractivity contribution in [2.75, 3.05) is 51.3 Å². The summed E-state index contributed by atoms with van der Waals surface area (Å²) in [5, 5.41) is 12.3. The molecule has 0 amide bonds. The van der Waals surface area contributed by atoms with E-state index < -0.39 is 0 Å². The van der Waals surface area contributed by atoms with E-state index in [-0.39, 0.29) is 0 Å². The summed E-state index contributed by atoms with van der Waals surface area (Å²) in [6.07, 6.45) is 0. The molecule has 0 saturated carbocycles. The van der Waals surface area contributed by atoms with E-state index in [1.807, 2.05) is 6.07 Å². The third kappa shape index (κ3) is 3.37. The lowest BCUT2D eigenvalue weighted by Gasteiger charge is -2.38. The van der Waals surface area contributed by atoms with Crippen molar-refractivity contribution in [1.29, 1.82) is 5.26 Å². The van der Waals surface area contributed by atoms with Crippen LogP contribution in [0.2, 0.25) is 0 Å². The second kappa shape index (κ2) is 5.91. The number of nitriles is 1. The minimum absolute atomic E-state index is 0.462. The van der Waals surface area contributed by atoms with Gasteiger partial charge in [0, 0.05) is 32.2 Å². The van der Waals surface area contributed by atoms with Gasteiger partial charge in [-0.05, 0) is 32.3 Å². The predicted octanol–water partition coefficient (Wildman–Crippen LogP) is 0.798. The predicted molar refractivity (Wildman–Crippen MR) is 78.0 cm³/mol. The number of piperazine rings is 1. The van der Waals surface area contributed by atoms with E-state index in [4.69, 9.17) is 11.0 Å². The van der Waals surface area contributed by atoms with Crippen molar-refractivity contribution < 1.29 is 0 Å². The molecule has 1 atom stereocenters. The van der Waals surface area contributed by atoms with Crippen LogP contribution in [-0.4, -0.2) is 56.1 Å². The molecule has 1 saturated heterocycles. The second-order valence-corrected chi connectivity index (χ2v) is 5.19. The first-order chi connectivity index (χ1) is 9.10. The van der Waals surface area contributed by atoms with Gasteiger partial charge in [-0.1, -0.05) is 0 Å². The van der Waals surface area contributed by atoms with Gasteiger partial charge >= 0.3 is 0 Å². The van der Waals surface area contributed by atoms with E-state index in [0.29, 0.717) is 17.3 Å². The zero-order valence-corrected chi connectivity index (χ0v) is 11.6. The molecular formula is C14H21N5. The molecule has 3 N–H and O–H groups in total. The van der Waals surface area contributed by atoms with Crippen molar-refractivity contribution in [3.05, 3.63) is 23.8 Å². The second-order valence-electron chi connectivity index (χ2n) is 5.19. The Bertz CT molecular complexity index is 479. The number of anilines is 2. The molecule has 102 valence electrons. The van der Waals surface area contributed by atoms with Gasteiger partial charge in [-0.2, -0.15) is 5.26 Å². The quantitative estimate of drug-likeness (QED) is 0.786. The van der Waals surface area contributed by atoms with Crippen LogP contribution in [0.1, 0.15) is 5.56 Å². The van der Waals surface area contributed by atoms with Crippen LogP contribution in [0.4, 0.5) is 11.4 Å². The number of nitrogens with zero attached hydrogens (tertiary/aromatic N) is 3. The number of rotatable bonds is 3. The van der Waals surface area contributed by atoms with Gasteiger partial charge in [0.15, 0.2) is 0 Å². The molecule has 1 aliphatic rings. The Morgan fingerprint density at radius 1 is 1.42 bits per heavy atom. The lowest BCUT2D eigenvalue weighted by Crippen LogP contribution is -2.52. The molecule has 0 radical (unpaired) electrons. The van der Waals surface area contributed by atoms with Gasteiger partial charge < -0.3 is 16.0 Å². The zero-order chi connectivity index (χ0) is 13.8. The summed E-state index contributed by atoms with van der Waals surface area (Å²) >= 11 is 0. The molecular weight excluding hydrogens is 238 g/mol. The topological polar surface area (TPSA) is 68.3 Å². The third-order valence-corrected chi connectivity index (χ3v) is 3.69. The van der Waals surface area contributed by atoms with Crippen LogP contribution in [0.15, 0.2) is 18.2 Å². The first kappa shape index (κ1) is 13.7. The Kier molecular flexibility index (Phi) is 4.25. The van der Waals surface area contributed by atoms with Gasteiger partial charge in [0.05, 0.1) is 23.0 Å². The number of likely N-dealkylation sites (N-methyl/N-ethyl adjacent to an activating group) is 2. The first-order valence-electron chi connectivity index (χ1n) is 6.52. The zero-order valence-electron chi connectivity index (χ0n) is 11.6.